The highest BCUT2D eigenvalue weighted by molar-refractivity contribution is 7.80. The van der Waals surface area contributed by atoms with Gasteiger partial charge in [0.2, 0.25) is 0 Å². The molecule has 0 bridgehead atoms. The van der Waals surface area contributed by atoms with Crippen LogP contribution in [0.25, 0.3) is 10.9 Å². The van der Waals surface area contributed by atoms with Crippen molar-refractivity contribution in [1.29, 1.82) is 0 Å². The van der Waals surface area contributed by atoms with E-state index in [4.69, 9.17) is 41.2 Å². The number of nitrogens with two attached hydrogens (primary N) is 1. The van der Waals surface area contributed by atoms with Gasteiger partial charge >= 0.3 is 0 Å². The van der Waals surface area contributed by atoms with Gasteiger partial charge in [-0.3, -0.25) is 0 Å². The second kappa shape index (κ2) is 3.93. The van der Waals surface area contributed by atoms with E-state index in [2.05, 4.69) is 4.98 Å². The Morgan fingerprint density at radius 1 is 1.20 bits per heavy atom. The number of rotatable bonds is 1. The first-order chi connectivity index (χ1) is 7.08. The summed E-state index contributed by atoms with van der Waals surface area (Å²) in [6.07, 6.45) is 0. The molecule has 15 heavy (non-hydrogen) atoms. The number of halogens is 2. The number of thiocarbonyl (C=S) groups is 1. The van der Waals surface area contributed by atoms with E-state index >= 15 is 0 Å². The molecular formula is C10H6Cl2N2S. The lowest BCUT2D eigenvalue weighted by Gasteiger charge is -2.02. The third-order valence-corrected chi connectivity index (χ3v) is 2.91. The average molecular weight is 257 g/mol. The molecular weight excluding hydrogens is 251 g/mol. The van der Waals surface area contributed by atoms with E-state index in [1.54, 1.807) is 18.2 Å². The minimum absolute atomic E-state index is 0.267. The molecule has 0 spiro atoms. The zero-order valence-electron chi connectivity index (χ0n) is 7.50. The molecule has 1 aromatic carbocycles. The Kier molecular flexibility index (Phi) is 2.78. The van der Waals surface area contributed by atoms with Gasteiger partial charge in [0.1, 0.15) is 4.99 Å². The Balaban J connectivity index is 2.72. The van der Waals surface area contributed by atoms with Crippen molar-refractivity contribution in [2.75, 3.05) is 0 Å². The monoisotopic (exact) mass is 256 g/mol. The number of fused-ring (bicyclic) bond motifs is 1. The van der Waals surface area contributed by atoms with Gasteiger partial charge in [0.15, 0.2) is 0 Å². The van der Waals surface area contributed by atoms with E-state index < -0.39 is 0 Å². The number of benzene rings is 1. The third kappa shape index (κ3) is 2.04. The molecule has 0 unspecified atom stereocenters. The predicted molar refractivity (Wildman–Crippen MR) is 67.7 cm³/mol. The summed E-state index contributed by atoms with van der Waals surface area (Å²) < 4.78 is 0. The fourth-order valence-electron chi connectivity index (χ4n) is 1.26. The number of hydrogen-bond acceptors (Lipinski definition) is 2. The van der Waals surface area contributed by atoms with Crippen LogP contribution >= 0.6 is 35.4 Å². The zero-order valence-corrected chi connectivity index (χ0v) is 9.83. The second-order valence-corrected chi connectivity index (χ2v) is 4.27. The van der Waals surface area contributed by atoms with Gasteiger partial charge in [-0.15, -0.1) is 0 Å². The van der Waals surface area contributed by atoms with Crippen molar-refractivity contribution in [1.82, 2.24) is 4.98 Å². The summed E-state index contributed by atoms with van der Waals surface area (Å²) in [5.74, 6) is 0. The van der Waals surface area contributed by atoms with Crippen LogP contribution in [0.5, 0.6) is 0 Å². The van der Waals surface area contributed by atoms with E-state index in [-0.39, 0.29) is 4.99 Å². The summed E-state index contributed by atoms with van der Waals surface area (Å²) in [5.41, 5.74) is 6.79. The lowest BCUT2D eigenvalue weighted by molar-refractivity contribution is 1.36. The Morgan fingerprint density at radius 3 is 2.53 bits per heavy atom. The van der Waals surface area contributed by atoms with Crippen LogP contribution in [0.15, 0.2) is 24.3 Å². The second-order valence-electron chi connectivity index (χ2n) is 3.02. The smallest absolute Gasteiger partial charge is 0.122 e. The molecule has 0 fully saturated rings. The van der Waals surface area contributed by atoms with Crippen molar-refractivity contribution >= 4 is 51.3 Å². The van der Waals surface area contributed by atoms with Gasteiger partial charge in [-0.2, -0.15) is 0 Å². The summed E-state index contributed by atoms with van der Waals surface area (Å²) in [4.78, 5) is 4.53. The van der Waals surface area contributed by atoms with E-state index in [9.17, 15) is 0 Å². The van der Waals surface area contributed by atoms with Gasteiger partial charge in [0.25, 0.3) is 0 Å². The van der Waals surface area contributed by atoms with Gasteiger partial charge in [-0.1, -0.05) is 41.5 Å². The fraction of sp³-hybridized carbons (Fsp3) is 0. The molecule has 0 atom stereocenters. The molecule has 0 aliphatic carbocycles. The quantitative estimate of drug-likeness (QED) is 0.797. The maximum absolute atomic E-state index is 5.88. The van der Waals surface area contributed by atoms with Gasteiger partial charge < -0.3 is 5.73 Å². The van der Waals surface area contributed by atoms with Gasteiger partial charge in [-0.25, -0.2) is 4.98 Å². The summed E-state index contributed by atoms with van der Waals surface area (Å²) in [6.45, 7) is 0. The maximum atomic E-state index is 5.88. The molecule has 1 heterocycles. The van der Waals surface area contributed by atoms with Crippen molar-refractivity contribution in [2.24, 2.45) is 5.73 Å². The molecule has 76 valence electrons. The summed E-state index contributed by atoms with van der Waals surface area (Å²) in [7, 11) is 0. The number of aromatic nitrogens is 1. The van der Waals surface area contributed by atoms with Crippen LogP contribution < -0.4 is 5.73 Å². The predicted octanol–water partition coefficient (Wildman–Crippen LogP) is 3.18. The van der Waals surface area contributed by atoms with Crippen LogP contribution in [0.2, 0.25) is 10.0 Å². The molecule has 5 heteroatoms. The topological polar surface area (TPSA) is 38.9 Å². The summed E-state index contributed by atoms with van der Waals surface area (Å²) in [5, 5.41) is 1.88. The first-order valence-electron chi connectivity index (χ1n) is 4.13. The highest BCUT2D eigenvalue weighted by atomic mass is 35.5. The highest BCUT2D eigenvalue weighted by Crippen LogP contribution is 2.26. The van der Waals surface area contributed by atoms with Crippen LogP contribution in [0, 0.1) is 0 Å². The van der Waals surface area contributed by atoms with Crippen LogP contribution in [0.3, 0.4) is 0 Å². The molecule has 0 aliphatic rings. The molecule has 2 nitrogen and oxygen atoms in total. The Morgan fingerprint density at radius 2 is 1.87 bits per heavy atom. The van der Waals surface area contributed by atoms with Crippen LogP contribution in [-0.2, 0) is 0 Å². The maximum Gasteiger partial charge on any atom is 0.122 e. The molecule has 0 radical (unpaired) electrons. The van der Waals surface area contributed by atoms with Gasteiger partial charge in [0.05, 0.1) is 21.3 Å². The van der Waals surface area contributed by atoms with E-state index in [0.717, 1.165) is 10.9 Å². The SMILES string of the molecule is NC(=S)c1ccc2cc(Cl)c(Cl)cc2n1. The molecule has 0 aliphatic heterocycles. The van der Waals surface area contributed by atoms with Gasteiger partial charge in [-0.05, 0) is 18.2 Å². The Hall–Kier alpha value is -0.900. The minimum Gasteiger partial charge on any atom is -0.388 e. The van der Waals surface area contributed by atoms with Crippen LogP contribution in [0.4, 0.5) is 0 Å². The summed E-state index contributed by atoms with van der Waals surface area (Å²) in [6, 6.07) is 7.07. The molecule has 0 amide bonds. The average Bonchev–Trinajstić information content (AvgIpc) is 2.19. The Labute approximate surface area is 102 Å². The molecule has 2 N–H and O–H groups in total. The molecule has 0 saturated heterocycles. The van der Waals surface area contributed by atoms with E-state index in [1.165, 1.54) is 0 Å². The standard InChI is InChI=1S/C10H6Cl2N2S/c11-6-3-5-1-2-8(10(13)15)14-9(5)4-7(6)12/h1-4H,(H2,13,15). The van der Waals surface area contributed by atoms with Crippen molar-refractivity contribution in [3.8, 4) is 0 Å². The van der Waals surface area contributed by atoms with Gasteiger partial charge in [0, 0.05) is 5.39 Å². The Bertz CT molecular complexity index is 554. The molecule has 2 rings (SSSR count). The number of pyridine rings is 1. The third-order valence-electron chi connectivity index (χ3n) is 1.98. The van der Waals surface area contributed by atoms with E-state index in [1.807, 2.05) is 6.07 Å². The first kappa shape index (κ1) is 10.6. The minimum atomic E-state index is 0.267. The molecule has 0 saturated carbocycles. The molecule has 2 aromatic rings. The first-order valence-corrected chi connectivity index (χ1v) is 5.30. The van der Waals surface area contributed by atoms with Crippen molar-refractivity contribution in [3.63, 3.8) is 0 Å². The normalized spacial score (nSPS) is 10.5. The number of nitrogens with zero attached hydrogens (tertiary/aromatic N) is 1. The zero-order chi connectivity index (χ0) is 11.0. The van der Waals surface area contributed by atoms with E-state index in [0.29, 0.717) is 15.7 Å². The highest BCUT2D eigenvalue weighted by Gasteiger charge is 2.04. The fourth-order valence-corrected chi connectivity index (χ4v) is 1.70. The van der Waals surface area contributed by atoms with Crippen molar-refractivity contribution in [2.45, 2.75) is 0 Å². The lowest BCUT2D eigenvalue weighted by atomic mass is 10.2. The lowest BCUT2D eigenvalue weighted by Crippen LogP contribution is -2.11. The van der Waals surface area contributed by atoms with Crippen LogP contribution in [0.1, 0.15) is 5.69 Å². The summed E-state index contributed by atoms with van der Waals surface area (Å²) >= 11 is 16.6. The van der Waals surface area contributed by atoms with Crippen LogP contribution in [-0.4, -0.2) is 9.97 Å². The molecule has 1 aromatic heterocycles. The number of hydrogen-bond donors (Lipinski definition) is 1. The van der Waals surface area contributed by atoms with Crippen molar-refractivity contribution < 1.29 is 0 Å². The van der Waals surface area contributed by atoms with Crippen molar-refractivity contribution in [3.05, 3.63) is 40.0 Å². The largest absolute Gasteiger partial charge is 0.388 e.